The van der Waals surface area contributed by atoms with Gasteiger partial charge in [0.1, 0.15) is 0 Å². The summed E-state index contributed by atoms with van der Waals surface area (Å²) in [7, 11) is 0. The van der Waals surface area contributed by atoms with Gasteiger partial charge in [-0.05, 0) is 69.9 Å². The summed E-state index contributed by atoms with van der Waals surface area (Å²) in [6, 6.07) is 5.98. The molecule has 3 amide bonds. The fraction of sp³-hybridized carbons (Fsp3) is 0.667. The molecule has 7 nitrogen and oxygen atoms in total. The first-order valence-corrected chi connectivity index (χ1v) is 12.6. The predicted molar refractivity (Wildman–Crippen MR) is 129 cm³/mol. The Morgan fingerprint density at radius 2 is 1.59 bits per heavy atom. The molecule has 34 heavy (non-hydrogen) atoms. The summed E-state index contributed by atoms with van der Waals surface area (Å²) < 4.78 is 5.85. The number of urea groups is 1. The zero-order chi connectivity index (χ0) is 24.5. The van der Waals surface area contributed by atoms with E-state index in [4.69, 9.17) is 4.74 Å². The van der Waals surface area contributed by atoms with Gasteiger partial charge in [-0.1, -0.05) is 31.5 Å². The normalized spacial score (nSPS) is 31.1. The molecule has 1 N–H and O–H groups in total. The first-order valence-electron chi connectivity index (χ1n) is 12.6. The van der Waals surface area contributed by atoms with Gasteiger partial charge in [-0.3, -0.25) is 9.59 Å². The Bertz CT molecular complexity index is 1060. The van der Waals surface area contributed by atoms with Crippen molar-refractivity contribution in [2.45, 2.75) is 72.3 Å². The van der Waals surface area contributed by atoms with E-state index >= 15 is 0 Å². The molecule has 0 aromatic heterocycles. The summed E-state index contributed by atoms with van der Waals surface area (Å²) in [6.45, 7) is 12.8. The molecule has 1 aromatic carbocycles. The topological polar surface area (TPSA) is 79.0 Å². The van der Waals surface area contributed by atoms with Crippen molar-refractivity contribution in [3.63, 3.8) is 0 Å². The second kappa shape index (κ2) is 7.46. The Labute approximate surface area is 202 Å². The maximum Gasteiger partial charge on any atom is 0.321 e. The Morgan fingerprint density at radius 3 is 2.15 bits per heavy atom. The maximum absolute atomic E-state index is 13.8. The molecule has 2 bridgehead atoms. The Balaban J connectivity index is 1.22. The third-order valence-corrected chi connectivity index (χ3v) is 9.89. The number of nitrogens with zero attached hydrogens (tertiary/aromatic N) is 2. The van der Waals surface area contributed by atoms with E-state index < -0.39 is 16.4 Å². The zero-order valence-electron chi connectivity index (χ0n) is 21.1. The number of aryl methyl sites for hydroxylation is 2. The van der Waals surface area contributed by atoms with E-state index in [0.29, 0.717) is 39.0 Å². The van der Waals surface area contributed by atoms with Crippen molar-refractivity contribution in [1.82, 2.24) is 9.80 Å². The van der Waals surface area contributed by atoms with Crippen LogP contribution >= 0.6 is 0 Å². The van der Waals surface area contributed by atoms with Gasteiger partial charge >= 0.3 is 12.0 Å². The molecule has 1 spiro atoms. The van der Waals surface area contributed by atoms with Crippen molar-refractivity contribution in [3.8, 4) is 0 Å². The van der Waals surface area contributed by atoms with Crippen LogP contribution in [0.2, 0.25) is 0 Å². The third-order valence-electron chi connectivity index (χ3n) is 9.89. The second-order valence-corrected chi connectivity index (χ2v) is 11.9. The fourth-order valence-electron chi connectivity index (χ4n) is 6.83. The summed E-state index contributed by atoms with van der Waals surface area (Å²) >= 11 is 0. The number of ether oxygens (including phenoxy) is 1. The molecule has 7 heteroatoms. The van der Waals surface area contributed by atoms with Crippen molar-refractivity contribution >= 4 is 23.6 Å². The molecule has 1 aromatic rings. The lowest BCUT2D eigenvalue weighted by Crippen LogP contribution is -2.55. The number of benzene rings is 1. The van der Waals surface area contributed by atoms with Crippen LogP contribution in [0.3, 0.4) is 0 Å². The SMILES string of the molecule is Cc1ccc(NC(=O)N2CCC3(CC2)CCN(C(=O)[C@@]24CC[C@@](C)(C(=O)O2)C4(C)C)C3)c(C)c1. The lowest BCUT2D eigenvalue weighted by molar-refractivity contribution is -0.173. The van der Waals surface area contributed by atoms with Crippen molar-refractivity contribution in [2.24, 2.45) is 16.2 Å². The molecule has 0 radical (unpaired) electrons. The van der Waals surface area contributed by atoms with Crippen molar-refractivity contribution in [2.75, 3.05) is 31.5 Å². The predicted octanol–water partition coefficient (Wildman–Crippen LogP) is 4.27. The standard InChI is InChI=1S/C27H37N3O4/c1-18-6-7-20(19(2)16-18)28-23(33)29-13-10-26(11-14-29)12-15-30(17-26)21(31)27-9-8-25(5,22(32)34-27)24(27,3)4/h6-7,16H,8-15,17H2,1-5H3,(H,28,33)/t25-,27+/m0/s1. The number of piperidine rings is 1. The number of nitrogens with one attached hydrogen (secondary N) is 1. The van der Waals surface area contributed by atoms with Crippen molar-refractivity contribution < 1.29 is 19.1 Å². The van der Waals surface area contributed by atoms with Crippen LogP contribution in [0, 0.1) is 30.1 Å². The number of hydrogen-bond acceptors (Lipinski definition) is 4. The second-order valence-electron chi connectivity index (χ2n) is 11.9. The number of fused-ring (bicyclic) bond motifs is 2. The van der Waals surface area contributed by atoms with Crippen LogP contribution in [0.1, 0.15) is 64.0 Å². The molecule has 3 saturated heterocycles. The van der Waals surface area contributed by atoms with Crippen LogP contribution in [0.15, 0.2) is 18.2 Å². The fourth-order valence-corrected chi connectivity index (χ4v) is 6.83. The number of carbonyl (C=O) groups excluding carboxylic acids is 3. The quantitative estimate of drug-likeness (QED) is 0.659. The molecule has 184 valence electrons. The average Bonchev–Trinajstić information content (AvgIpc) is 3.33. The Hall–Kier alpha value is -2.57. The van der Waals surface area contributed by atoms with Gasteiger partial charge in [-0.15, -0.1) is 0 Å². The number of carbonyl (C=O) groups is 3. The van der Waals surface area contributed by atoms with E-state index in [1.807, 2.05) is 56.6 Å². The first-order chi connectivity index (χ1) is 15.9. The molecule has 0 unspecified atom stereocenters. The molecular weight excluding hydrogens is 430 g/mol. The van der Waals surface area contributed by atoms with Crippen LogP contribution in [-0.4, -0.2) is 59.5 Å². The lowest BCUT2D eigenvalue weighted by atomic mass is 9.66. The summed E-state index contributed by atoms with van der Waals surface area (Å²) in [6.07, 6.45) is 4.01. The maximum atomic E-state index is 13.8. The number of likely N-dealkylation sites (tertiary alicyclic amines) is 2. The van der Waals surface area contributed by atoms with Crippen molar-refractivity contribution in [1.29, 1.82) is 0 Å². The van der Waals surface area contributed by atoms with Crippen LogP contribution < -0.4 is 5.32 Å². The van der Waals surface area contributed by atoms with Gasteiger partial charge in [0.25, 0.3) is 5.91 Å². The van der Waals surface area contributed by atoms with Gasteiger partial charge in [-0.2, -0.15) is 0 Å². The highest BCUT2D eigenvalue weighted by molar-refractivity contribution is 5.96. The van der Waals surface area contributed by atoms with Crippen LogP contribution in [0.25, 0.3) is 0 Å². The monoisotopic (exact) mass is 467 g/mol. The first kappa shape index (κ1) is 23.2. The van der Waals surface area contributed by atoms with E-state index in [0.717, 1.165) is 30.5 Å². The van der Waals surface area contributed by atoms with Gasteiger partial charge in [0.2, 0.25) is 0 Å². The van der Waals surface area contributed by atoms with Crippen molar-refractivity contribution in [3.05, 3.63) is 29.3 Å². The lowest BCUT2D eigenvalue weighted by Gasteiger charge is -2.41. The van der Waals surface area contributed by atoms with Crippen LogP contribution in [-0.2, 0) is 14.3 Å². The van der Waals surface area contributed by atoms with E-state index in [1.54, 1.807) is 0 Å². The molecule has 2 atom stereocenters. The minimum atomic E-state index is -1.03. The Kier molecular flexibility index (Phi) is 5.09. The number of esters is 1. The number of rotatable bonds is 2. The number of hydrogen-bond donors (Lipinski definition) is 1. The minimum absolute atomic E-state index is 0.0148. The highest BCUT2D eigenvalue weighted by Crippen LogP contribution is 2.66. The van der Waals surface area contributed by atoms with E-state index in [2.05, 4.69) is 11.4 Å². The van der Waals surface area contributed by atoms with Crippen LogP contribution in [0.5, 0.6) is 0 Å². The summed E-state index contributed by atoms with van der Waals surface area (Å²) in [4.78, 5) is 43.1. The summed E-state index contributed by atoms with van der Waals surface area (Å²) in [5, 5.41) is 3.06. The summed E-state index contributed by atoms with van der Waals surface area (Å²) in [5.74, 6) is -0.242. The molecule has 1 aliphatic carbocycles. The zero-order valence-corrected chi connectivity index (χ0v) is 21.1. The molecule has 1 saturated carbocycles. The molecule has 4 aliphatic rings. The van der Waals surface area contributed by atoms with Gasteiger partial charge in [0.15, 0.2) is 5.60 Å². The highest BCUT2D eigenvalue weighted by atomic mass is 16.6. The number of amides is 3. The van der Waals surface area contributed by atoms with Gasteiger partial charge in [0, 0.05) is 37.3 Å². The van der Waals surface area contributed by atoms with Gasteiger partial charge in [0.05, 0.1) is 5.41 Å². The smallest absolute Gasteiger partial charge is 0.321 e. The molecule has 3 heterocycles. The van der Waals surface area contributed by atoms with Crippen LogP contribution in [0.4, 0.5) is 10.5 Å². The summed E-state index contributed by atoms with van der Waals surface area (Å²) in [5.41, 5.74) is 0.991. The third kappa shape index (κ3) is 3.11. The molecule has 5 rings (SSSR count). The minimum Gasteiger partial charge on any atom is -0.448 e. The Morgan fingerprint density at radius 1 is 0.941 bits per heavy atom. The van der Waals surface area contributed by atoms with Gasteiger partial charge < -0.3 is 19.9 Å². The number of anilines is 1. The molecule has 4 fully saturated rings. The molecule has 3 aliphatic heterocycles. The van der Waals surface area contributed by atoms with E-state index in [9.17, 15) is 14.4 Å². The average molecular weight is 468 g/mol. The van der Waals surface area contributed by atoms with E-state index in [1.165, 1.54) is 5.56 Å². The molecular formula is C27H37N3O4. The highest BCUT2D eigenvalue weighted by Gasteiger charge is 2.76. The largest absolute Gasteiger partial charge is 0.448 e. The van der Waals surface area contributed by atoms with Gasteiger partial charge in [-0.25, -0.2) is 4.79 Å². The van der Waals surface area contributed by atoms with E-state index in [-0.39, 0.29) is 23.3 Å².